The van der Waals surface area contributed by atoms with Crippen molar-refractivity contribution < 1.29 is 19.2 Å². The number of benzene rings is 2. The highest BCUT2D eigenvalue weighted by Crippen LogP contribution is 2.21. The molecule has 0 fully saturated rings. The molecule has 0 bridgehead atoms. The lowest BCUT2D eigenvalue weighted by Crippen LogP contribution is -1.98. The number of carbonyl (C=O) groups is 1. The molecule has 1 heterocycles. The predicted octanol–water partition coefficient (Wildman–Crippen LogP) is 4.46. The maximum Gasteiger partial charge on any atom is 0.303 e. The molecule has 6 heteroatoms. The molecule has 0 aliphatic carbocycles. The highest BCUT2D eigenvalue weighted by atomic mass is 16.5. The molecular formula is C21H22N2O4. The van der Waals surface area contributed by atoms with Crippen LogP contribution in [0, 0.1) is 0 Å². The van der Waals surface area contributed by atoms with E-state index in [2.05, 4.69) is 36.1 Å². The highest BCUT2D eigenvalue weighted by molar-refractivity contribution is 5.67. The number of carboxylic acids is 1. The molecule has 0 atom stereocenters. The number of hydrogen-bond donors (Lipinski definition) is 1. The summed E-state index contributed by atoms with van der Waals surface area (Å²) >= 11 is 0. The summed E-state index contributed by atoms with van der Waals surface area (Å²) < 4.78 is 10.9. The van der Waals surface area contributed by atoms with Gasteiger partial charge < -0.3 is 14.4 Å². The van der Waals surface area contributed by atoms with Crippen LogP contribution in [0.3, 0.4) is 0 Å². The molecular weight excluding hydrogens is 344 g/mol. The zero-order chi connectivity index (χ0) is 19.2. The smallest absolute Gasteiger partial charge is 0.303 e. The Labute approximate surface area is 157 Å². The molecule has 0 unspecified atom stereocenters. The SMILES string of the molecule is CC(C)c1ccc(-c2noc(COc3ccc(CCC(=O)O)cc3)n2)cc1. The molecule has 0 radical (unpaired) electrons. The lowest BCUT2D eigenvalue weighted by atomic mass is 10.0. The number of aromatic nitrogens is 2. The number of rotatable bonds is 8. The van der Waals surface area contributed by atoms with Gasteiger partial charge >= 0.3 is 5.97 Å². The van der Waals surface area contributed by atoms with Gasteiger partial charge in [0.15, 0.2) is 6.61 Å². The molecule has 27 heavy (non-hydrogen) atoms. The Morgan fingerprint density at radius 2 is 1.81 bits per heavy atom. The first kappa shape index (κ1) is 18.6. The fourth-order valence-electron chi connectivity index (χ4n) is 2.60. The first-order valence-corrected chi connectivity index (χ1v) is 8.87. The summed E-state index contributed by atoms with van der Waals surface area (Å²) in [6.45, 7) is 4.47. The Morgan fingerprint density at radius 3 is 2.44 bits per heavy atom. The largest absolute Gasteiger partial charge is 0.484 e. The molecule has 3 rings (SSSR count). The van der Waals surface area contributed by atoms with Gasteiger partial charge in [-0.3, -0.25) is 4.79 Å². The van der Waals surface area contributed by atoms with E-state index >= 15 is 0 Å². The summed E-state index contributed by atoms with van der Waals surface area (Å²) in [5.41, 5.74) is 3.12. The maximum atomic E-state index is 10.6. The zero-order valence-electron chi connectivity index (χ0n) is 15.4. The molecule has 140 valence electrons. The van der Waals surface area contributed by atoms with Gasteiger partial charge in [0.2, 0.25) is 5.82 Å². The van der Waals surface area contributed by atoms with Gasteiger partial charge in [-0.15, -0.1) is 0 Å². The van der Waals surface area contributed by atoms with Crippen molar-refractivity contribution in [1.82, 2.24) is 10.1 Å². The molecule has 6 nitrogen and oxygen atoms in total. The fraction of sp³-hybridized carbons (Fsp3) is 0.286. The van der Waals surface area contributed by atoms with Crippen molar-refractivity contribution in [3.63, 3.8) is 0 Å². The summed E-state index contributed by atoms with van der Waals surface area (Å²) in [7, 11) is 0. The topological polar surface area (TPSA) is 85.5 Å². The van der Waals surface area contributed by atoms with Crippen LogP contribution in [-0.4, -0.2) is 21.2 Å². The van der Waals surface area contributed by atoms with Crippen LogP contribution in [0.2, 0.25) is 0 Å². The molecule has 0 saturated heterocycles. The Bertz CT molecular complexity index is 883. The number of nitrogens with zero attached hydrogens (tertiary/aromatic N) is 2. The van der Waals surface area contributed by atoms with E-state index < -0.39 is 5.97 Å². The van der Waals surface area contributed by atoms with Gasteiger partial charge in [-0.05, 0) is 35.6 Å². The first-order chi connectivity index (χ1) is 13.0. The standard InChI is InChI=1S/C21H22N2O4/c1-14(2)16-6-8-17(9-7-16)21-22-19(27-23-21)13-26-18-10-3-15(4-11-18)5-12-20(24)25/h3-4,6-11,14H,5,12-13H2,1-2H3,(H,24,25). The van der Waals surface area contributed by atoms with E-state index in [1.807, 2.05) is 24.3 Å². The zero-order valence-corrected chi connectivity index (χ0v) is 15.4. The first-order valence-electron chi connectivity index (χ1n) is 8.87. The molecule has 0 saturated carbocycles. The number of aliphatic carboxylic acids is 1. The van der Waals surface area contributed by atoms with Gasteiger partial charge in [-0.2, -0.15) is 4.98 Å². The van der Waals surface area contributed by atoms with E-state index in [1.165, 1.54) is 5.56 Å². The minimum Gasteiger partial charge on any atom is -0.484 e. The van der Waals surface area contributed by atoms with Crippen molar-refractivity contribution in [1.29, 1.82) is 0 Å². The molecule has 0 aliphatic rings. The van der Waals surface area contributed by atoms with Crippen molar-refractivity contribution >= 4 is 5.97 Å². The monoisotopic (exact) mass is 366 g/mol. The minimum absolute atomic E-state index is 0.114. The average Bonchev–Trinajstić information content (AvgIpc) is 3.14. The molecule has 0 aliphatic heterocycles. The normalized spacial score (nSPS) is 10.9. The van der Waals surface area contributed by atoms with E-state index in [0.29, 0.717) is 29.8 Å². The predicted molar refractivity (Wildman–Crippen MR) is 101 cm³/mol. The molecule has 1 N–H and O–H groups in total. The van der Waals surface area contributed by atoms with E-state index in [0.717, 1.165) is 11.1 Å². The van der Waals surface area contributed by atoms with E-state index in [4.69, 9.17) is 14.4 Å². The minimum atomic E-state index is -0.804. The average molecular weight is 366 g/mol. The van der Waals surface area contributed by atoms with Crippen LogP contribution in [0.25, 0.3) is 11.4 Å². The molecule has 0 amide bonds. The van der Waals surface area contributed by atoms with Crippen LogP contribution >= 0.6 is 0 Å². The molecule has 0 spiro atoms. The summed E-state index contributed by atoms with van der Waals surface area (Å²) in [6, 6.07) is 15.4. The van der Waals surface area contributed by atoms with Crippen molar-refractivity contribution in [3.8, 4) is 17.1 Å². The van der Waals surface area contributed by atoms with Gasteiger partial charge in [0.1, 0.15) is 5.75 Å². The van der Waals surface area contributed by atoms with Crippen LogP contribution in [0.5, 0.6) is 5.75 Å². The van der Waals surface area contributed by atoms with Gasteiger partial charge in [0.05, 0.1) is 0 Å². The third-order valence-corrected chi connectivity index (χ3v) is 4.22. The van der Waals surface area contributed by atoms with Gasteiger partial charge in [0, 0.05) is 12.0 Å². The van der Waals surface area contributed by atoms with E-state index in [9.17, 15) is 4.79 Å². The Hall–Kier alpha value is -3.15. The number of ether oxygens (including phenoxy) is 1. The summed E-state index contributed by atoms with van der Waals surface area (Å²) in [5, 5.41) is 12.7. The van der Waals surface area contributed by atoms with Crippen molar-refractivity contribution in [2.45, 2.75) is 39.2 Å². The van der Waals surface area contributed by atoms with Gasteiger partial charge in [-0.1, -0.05) is 55.4 Å². The van der Waals surface area contributed by atoms with Crippen LogP contribution < -0.4 is 4.74 Å². The third kappa shape index (κ3) is 5.17. The summed E-state index contributed by atoms with van der Waals surface area (Å²) in [5.74, 6) is 1.26. The molecule has 2 aromatic carbocycles. The van der Waals surface area contributed by atoms with Gasteiger partial charge in [0.25, 0.3) is 5.89 Å². The number of carboxylic acid groups (broad SMARTS) is 1. The number of aryl methyl sites for hydroxylation is 1. The number of hydrogen-bond acceptors (Lipinski definition) is 5. The lowest BCUT2D eigenvalue weighted by Gasteiger charge is -2.05. The van der Waals surface area contributed by atoms with Crippen LogP contribution in [-0.2, 0) is 17.8 Å². The van der Waals surface area contributed by atoms with Crippen molar-refractivity contribution in [2.24, 2.45) is 0 Å². The summed E-state index contributed by atoms with van der Waals surface area (Å²) in [4.78, 5) is 15.0. The quantitative estimate of drug-likeness (QED) is 0.634. The van der Waals surface area contributed by atoms with Gasteiger partial charge in [-0.25, -0.2) is 0 Å². The fourth-order valence-corrected chi connectivity index (χ4v) is 2.60. The maximum absolute atomic E-state index is 10.6. The third-order valence-electron chi connectivity index (χ3n) is 4.22. The second kappa shape index (κ2) is 8.49. The molecule has 1 aromatic heterocycles. The Kier molecular flexibility index (Phi) is 5.86. The summed E-state index contributed by atoms with van der Waals surface area (Å²) in [6.07, 6.45) is 0.612. The van der Waals surface area contributed by atoms with Crippen LogP contribution in [0.1, 0.15) is 43.2 Å². The lowest BCUT2D eigenvalue weighted by molar-refractivity contribution is -0.136. The second-order valence-corrected chi connectivity index (χ2v) is 6.61. The Balaban J connectivity index is 1.57. The van der Waals surface area contributed by atoms with E-state index in [-0.39, 0.29) is 13.0 Å². The Morgan fingerprint density at radius 1 is 1.11 bits per heavy atom. The van der Waals surface area contributed by atoms with Crippen molar-refractivity contribution in [3.05, 3.63) is 65.5 Å². The van der Waals surface area contributed by atoms with Crippen LogP contribution in [0.4, 0.5) is 0 Å². The highest BCUT2D eigenvalue weighted by Gasteiger charge is 2.10. The van der Waals surface area contributed by atoms with Crippen molar-refractivity contribution in [2.75, 3.05) is 0 Å². The molecule has 3 aromatic rings. The van der Waals surface area contributed by atoms with Crippen LogP contribution in [0.15, 0.2) is 53.1 Å². The second-order valence-electron chi connectivity index (χ2n) is 6.61. The van der Waals surface area contributed by atoms with E-state index in [1.54, 1.807) is 12.1 Å².